The summed E-state index contributed by atoms with van der Waals surface area (Å²) in [5.74, 6) is 1.50. The molecule has 2 N–H and O–H groups in total. The molecule has 2 rings (SSSR count). The van der Waals surface area contributed by atoms with Crippen molar-refractivity contribution in [1.82, 2.24) is 20.1 Å². The van der Waals surface area contributed by atoms with Crippen molar-refractivity contribution in [2.24, 2.45) is 0 Å². The summed E-state index contributed by atoms with van der Waals surface area (Å²) in [5, 5.41) is 20.5. The quantitative estimate of drug-likeness (QED) is 0.570. The third-order valence-corrected chi connectivity index (χ3v) is 2.51. The second kappa shape index (κ2) is 6.59. The molecule has 0 unspecified atom stereocenters. The van der Waals surface area contributed by atoms with E-state index in [-0.39, 0.29) is 11.5 Å². The first-order chi connectivity index (χ1) is 10.1. The van der Waals surface area contributed by atoms with Gasteiger partial charge in [-0.1, -0.05) is 5.16 Å². The minimum Gasteiger partial charge on any atom is -0.364 e. The van der Waals surface area contributed by atoms with Crippen LogP contribution in [0.25, 0.3) is 0 Å². The van der Waals surface area contributed by atoms with E-state index < -0.39 is 4.92 Å². The lowest BCUT2D eigenvalue weighted by molar-refractivity contribution is -0.384. The second-order valence-electron chi connectivity index (χ2n) is 4.12. The number of anilines is 2. The fraction of sp³-hybridized carbons (Fsp3) is 0.455. The zero-order valence-corrected chi connectivity index (χ0v) is 11.7. The predicted molar refractivity (Wildman–Crippen MR) is 74.1 cm³/mol. The lowest BCUT2D eigenvalue weighted by atomic mass is 10.4. The van der Waals surface area contributed by atoms with Gasteiger partial charge in [-0.3, -0.25) is 10.1 Å². The molecule has 0 saturated heterocycles. The van der Waals surface area contributed by atoms with Crippen molar-refractivity contribution in [2.75, 3.05) is 23.7 Å². The smallest absolute Gasteiger partial charge is 0.329 e. The van der Waals surface area contributed by atoms with Crippen LogP contribution in [-0.4, -0.2) is 38.1 Å². The highest BCUT2D eigenvalue weighted by molar-refractivity contribution is 5.56. The summed E-state index contributed by atoms with van der Waals surface area (Å²) in [4.78, 5) is 22.4. The van der Waals surface area contributed by atoms with Crippen molar-refractivity contribution < 1.29 is 9.45 Å². The first-order valence-electron chi connectivity index (χ1n) is 6.38. The van der Waals surface area contributed by atoms with Crippen LogP contribution < -0.4 is 10.6 Å². The second-order valence-corrected chi connectivity index (χ2v) is 4.12. The highest BCUT2D eigenvalue weighted by Crippen LogP contribution is 2.21. The summed E-state index contributed by atoms with van der Waals surface area (Å²) >= 11 is 0. The number of nitrogens with zero attached hydrogens (tertiary/aromatic N) is 5. The summed E-state index contributed by atoms with van der Waals surface area (Å²) < 4.78 is 4.85. The fourth-order valence-electron chi connectivity index (χ4n) is 1.62. The van der Waals surface area contributed by atoms with Crippen LogP contribution in [0.4, 0.5) is 17.5 Å². The van der Waals surface area contributed by atoms with E-state index in [1.54, 1.807) is 6.92 Å². The molecule has 0 radical (unpaired) electrons. The molecule has 2 heterocycles. The first kappa shape index (κ1) is 14.6. The standard InChI is InChI=1S/C11H15N7O3/c1-3-12-11-14-6-8(18(19)20)10(16-11)13-5-4-9-15-7(2)21-17-9/h6H,3-5H2,1-2H3,(H2,12,13,14,16). The van der Waals surface area contributed by atoms with Crippen molar-refractivity contribution in [3.63, 3.8) is 0 Å². The molecule has 0 amide bonds. The molecule has 10 nitrogen and oxygen atoms in total. The molecule has 0 saturated carbocycles. The van der Waals surface area contributed by atoms with E-state index in [2.05, 4.69) is 30.7 Å². The van der Waals surface area contributed by atoms with Gasteiger partial charge in [0.15, 0.2) is 5.82 Å². The van der Waals surface area contributed by atoms with Gasteiger partial charge in [0.25, 0.3) is 0 Å². The van der Waals surface area contributed by atoms with Crippen molar-refractivity contribution in [3.05, 3.63) is 28.0 Å². The van der Waals surface area contributed by atoms with Gasteiger partial charge in [-0.25, -0.2) is 4.98 Å². The minimum absolute atomic E-state index is 0.158. The maximum absolute atomic E-state index is 11.0. The Morgan fingerprint density at radius 2 is 2.19 bits per heavy atom. The zero-order valence-electron chi connectivity index (χ0n) is 11.7. The zero-order chi connectivity index (χ0) is 15.2. The average molecular weight is 293 g/mol. The van der Waals surface area contributed by atoms with E-state index in [9.17, 15) is 10.1 Å². The molecule has 0 bridgehead atoms. The summed E-state index contributed by atoms with van der Waals surface area (Å²) in [6, 6.07) is 0. The van der Waals surface area contributed by atoms with Crippen LogP contribution in [-0.2, 0) is 6.42 Å². The molecular weight excluding hydrogens is 278 g/mol. The number of nitro groups is 1. The Morgan fingerprint density at radius 1 is 1.38 bits per heavy atom. The number of aryl methyl sites for hydroxylation is 1. The Bertz CT molecular complexity index is 628. The van der Waals surface area contributed by atoms with Gasteiger partial charge in [-0.15, -0.1) is 0 Å². The molecule has 21 heavy (non-hydrogen) atoms. The van der Waals surface area contributed by atoms with Gasteiger partial charge in [-0.2, -0.15) is 9.97 Å². The van der Waals surface area contributed by atoms with Gasteiger partial charge in [0.2, 0.25) is 17.7 Å². The molecule has 0 aliphatic carbocycles. The summed E-state index contributed by atoms with van der Waals surface area (Å²) in [6.45, 7) is 4.60. The number of hydrogen-bond donors (Lipinski definition) is 2. The van der Waals surface area contributed by atoms with E-state index >= 15 is 0 Å². The van der Waals surface area contributed by atoms with Gasteiger partial charge in [0.1, 0.15) is 6.20 Å². The van der Waals surface area contributed by atoms with Gasteiger partial charge < -0.3 is 15.2 Å². The maximum Gasteiger partial charge on any atom is 0.329 e. The maximum atomic E-state index is 11.0. The van der Waals surface area contributed by atoms with Gasteiger partial charge >= 0.3 is 5.69 Å². The number of rotatable bonds is 7. The van der Waals surface area contributed by atoms with Gasteiger partial charge in [0, 0.05) is 26.4 Å². The van der Waals surface area contributed by atoms with E-state index in [1.165, 1.54) is 6.20 Å². The lowest BCUT2D eigenvalue weighted by Gasteiger charge is -2.07. The molecule has 0 aliphatic rings. The molecule has 0 aromatic carbocycles. The van der Waals surface area contributed by atoms with E-state index in [0.717, 1.165) is 0 Å². The van der Waals surface area contributed by atoms with Crippen LogP contribution in [0.5, 0.6) is 0 Å². The monoisotopic (exact) mass is 293 g/mol. The van der Waals surface area contributed by atoms with Crippen LogP contribution in [0.15, 0.2) is 10.7 Å². The third-order valence-electron chi connectivity index (χ3n) is 2.51. The Morgan fingerprint density at radius 3 is 2.81 bits per heavy atom. The van der Waals surface area contributed by atoms with Crippen molar-refractivity contribution in [1.29, 1.82) is 0 Å². The van der Waals surface area contributed by atoms with Crippen LogP contribution in [0.2, 0.25) is 0 Å². The largest absolute Gasteiger partial charge is 0.364 e. The van der Waals surface area contributed by atoms with E-state index in [1.807, 2.05) is 6.92 Å². The highest BCUT2D eigenvalue weighted by Gasteiger charge is 2.17. The molecular formula is C11H15N7O3. The molecule has 10 heteroatoms. The van der Waals surface area contributed by atoms with Crippen molar-refractivity contribution >= 4 is 17.5 Å². The first-order valence-corrected chi connectivity index (χ1v) is 6.38. The van der Waals surface area contributed by atoms with Crippen molar-refractivity contribution in [3.8, 4) is 0 Å². The van der Waals surface area contributed by atoms with E-state index in [4.69, 9.17) is 4.52 Å². The molecule has 0 aliphatic heterocycles. The molecule has 2 aromatic heterocycles. The van der Waals surface area contributed by atoms with Crippen LogP contribution >= 0.6 is 0 Å². The van der Waals surface area contributed by atoms with Gasteiger partial charge in [-0.05, 0) is 6.92 Å². The third kappa shape index (κ3) is 3.84. The van der Waals surface area contributed by atoms with Crippen LogP contribution in [0.3, 0.4) is 0 Å². The number of nitrogens with one attached hydrogen (secondary N) is 2. The fourth-order valence-corrected chi connectivity index (χ4v) is 1.62. The molecule has 0 spiro atoms. The average Bonchev–Trinajstić information content (AvgIpc) is 2.85. The van der Waals surface area contributed by atoms with Gasteiger partial charge in [0.05, 0.1) is 4.92 Å². The Labute approximate surface area is 120 Å². The summed E-state index contributed by atoms with van der Waals surface area (Å²) in [5.41, 5.74) is -0.180. The normalized spacial score (nSPS) is 10.4. The predicted octanol–water partition coefficient (Wildman–Crippen LogP) is 1.16. The Hall–Kier alpha value is -2.78. The van der Waals surface area contributed by atoms with Crippen LogP contribution in [0, 0.1) is 17.0 Å². The molecule has 2 aromatic rings. The Kier molecular flexibility index (Phi) is 4.59. The van der Waals surface area contributed by atoms with Crippen molar-refractivity contribution in [2.45, 2.75) is 20.3 Å². The molecule has 0 fully saturated rings. The summed E-state index contributed by atoms with van der Waals surface area (Å²) in [7, 11) is 0. The highest BCUT2D eigenvalue weighted by atomic mass is 16.6. The Balaban J connectivity index is 2.05. The molecule has 0 atom stereocenters. The topological polar surface area (TPSA) is 132 Å². The molecule has 112 valence electrons. The lowest BCUT2D eigenvalue weighted by Crippen LogP contribution is -2.11. The van der Waals surface area contributed by atoms with Crippen LogP contribution in [0.1, 0.15) is 18.6 Å². The SMILES string of the molecule is CCNc1ncc([N+](=O)[O-])c(NCCc2noc(C)n2)n1. The summed E-state index contributed by atoms with van der Waals surface area (Å²) in [6.07, 6.45) is 1.64. The number of aromatic nitrogens is 4. The number of hydrogen-bond acceptors (Lipinski definition) is 9. The minimum atomic E-state index is -0.531. The van der Waals surface area contributed by atoms with E-state index in [0.29, 0.717) is 37.2 Å².